The molecular formula is C56H88O25. The Morgan fingerprint density at radius 1 is 0.296 bits per heavy atom. The summed E-state index contributed by atoms with van der Waals surface area (Å²) in [6.45, 7) is 31.6. The summed E-state index contributed by atoms with van der Waals surface area (Å²) in [5, 5.41) is 0. The van der Waals surface area contributed by atoms with Gasteiger partial charge in [-0.3, -0.25) is 47.9 Å². The van der Waals surface area contributed by atoms with Crippen molar-refractivity contribution in [3.63, 3.8) is 0 Å². The maximum Gasteiger partial charge on any atom is 0.311 e. The third-order valence-electron chi connectivity index (χ3n) is 12.1. The molecule has 462 valence electrons. The molecule has 0 aromatic rings. The second-order valence-corrected chi connectivity index (χ2v) is 26.5. The van der Waals surface area contributed by atoms with Gasteiger partial charge in [-0.2, -0.15) is 0 Å². The smallest absolute Gasteiger partial charge is 0.311 e. The molecule has 3 heterocycles. The highest BCUT2D eigenvalue weighted by Crippen LogP contribution is 2.41. The van der Waals surface area contributed by atoms with E-state index in [0.717, 1.165) is 27.7 Å². The molecule has 81 heavy (non-hydrogen) atoms. The summed E-state index contributed by atoms with van der Waals surface area (Å²) in [6.07, 6.45) is -27.0. The molecule has 0 aromatic carbocycles. The van der Waals surface area contributed by atoms with Crippen molar-refractivity contribution in [2.24, 2.45) is 32.5 Å². The second-order valence-electron chi connectivity index (χ2n) is 26.5. The molecule has 3 rings (SSSR count). The zero-order valence-corrected chi connectivity index (χ0v) is 51.3. The molecule has 0 bridgehead atoms. The van der Waals surface area contributed by atoms with E-state index in [1.165, 1.54) is 90.0 Å². The van der Waals surface area contributed by atoms with Gasteiger partial charge in [0.25, 0.3) is 0 Å². The highest BCUT2D eigenvalue weighted by molar-refractivity contribution is 5.78. The Kier molecular flexibility index (Phi) is 23.1. The van der Waals surface area contributed by atoms with Gasteiger partial charge in [-0.25, -0.2) is 0 Å². The Hall–Kier alpha value is -5.50. The van der Waals surface area contributed by atoms with E-state index in [1.807, 2.05) is 0 Å². The van der Waals surface area contributed by atoms with Crippen LogP contribution in [-0.4, -0.2) is 165 Å². The molecule has 0 spiro atoms. The first-order valence-electron chi connectivity index (χ1n) is 26.8. The zero-order valence-electron chi connectivity index (χ0n) is 51.3. The van der Waals surface area contributed by atoms with Gasteiger partial charge < -0.3 is 71.1 Å². The summed E-state index contributed by atoms with van der Waals surface area (Å²) in [5.74, 6) is -8.94. The third kappa shape index (κ3) is 19.8. The number of rotatable bonds is 16. The van der Waals surface area contributed by atoms with Crippen molar-refractivity contribution in [3.8, 4) is 0 Å². The number of hydrogen-bond acceptors (Lipinski definition) is 25. The molecule has 3 saturated heterocycles. The average Bonchev–Trinajstić information content (AvgIpc) is 3.28. The van der Waals surface area contributed by atoms with Crippen LogP contribution in [0, 0.1) is 32.5 Å². The molecule has 0 aromatic heterocycles. The fraction of sp³-hybridized carbons (Fsp3) is 0.821. The van der Waals surface area contributed by atoms with Crippen LogP contribution in [0.3, 0.4) is 0 Å². The van der Waals surface area contributed by atoms with E-state index in [1.54, 1.807) is 41.5 Å². The molecule has 0 unspecified atom stereocenters. The molecule has 0 saturated carbocycles. The summed E-state index contributed by atoms with van der Waals surface area (Å²) < 4.78 is 92.1. The maximum atomic E-state index is 14.5. The standard InChI is InChI=1S/C56H88O25/c1-26-33(70-27(2)57)36(71-28(3)58)39(72-29(4)59)42(69-26)77-37-35(78-47(63)53(12,13)14)32(25-68-46(62)52(9,10)11)75-44(40(37)80-49(65)55(18,19)20)76-34-31(24-67-45(61)51(6,7)8)74-43(73-30(5)60)41(81-50(66)56(21,22)23)38(34)79-48(64)54(15,16)17/h26,31-44H,24-25H2,1-23H3/t26-,31-,32-,33+,34-,35+,36+,37+,38+,39-,40-,41-,42-,43-,44+/m1/s1. The number of carbonyl (C=O) groups excluding carboxylic acids is 10. The Bertz CT molecular complexity index is 2280. The van der Waals surface area contributed by atoms with Crippen LogP contribution in [0.2, 0.25) is 0 Å². The Balaban J connectivity index is 2.62. The van der Waals surface area contributed by atoms with Crippen LogP contribution in [0.5, 0.6) is 0 Å². The summed E-state index contributed by atoms with van der Waals surface area (Å²) in [7, 11) is 0. The van der Waals surface area contributed by atoms with E-state index in [9.17, 15) is 47.9 Å². The van der Waals surface area contributed by atoms with Crippen molar-refractivity contribution in [1.29, 1.82) is 0 Å². The van der Waals surface area contributed by atoms with Gasteiger partial charge in [0.05, 0.1) is 38.6 Å². The Morgan fingerprint density at radius 2 is 0.568 bits per heavy atom. The quantitative estimate of drug-likeness (QED) is 0.139. The number of hydrogen-bond donors (Lipinski definition) is 0. The van der Waals surface area contributed by atoms with Gasteiger partial charge in [-0.1, -0.05) is 0 Å². The molecule has 3 fully saturated rings. The van der Waals surface area contributed by atoms with Gasteiger partial charge in [0.2, 0.25) is 12.4 Å². The summed E-state index contributed by atoms with van der Waals surface area (Å²) in [5.41, 5.74) is -7.50. The van der Waals surface area contributed by atoms with E-state index in [-0.39, 0.29) is 0 Å². The molecule has 0 radical (unpaired) electrons. The van der Waals surface area contributed by atoms with Gasteiger partial charge in [0.15, 0.2) is 49.2 Å². The molecule has 25 nitrogen and oxygen atoms in total. The van der Waals surface area contributed by atoms with Crippen LogP contribution >= 0.6 is 0 Å². The van der Waals surface area contributed by atoms with E-state index in [2.05, 4.69) is 0 Å². The molecule has 0 N–H and O–H groups in total. The lowest BCUT2D eigenvalue weighted by Crippen LogP contribution is -2.69. The molecular weight excluding hydrogens is 1070 g/mol. The SMILES string of the molecule is CC(=O)O[C@@H]1O[C@H](COC(=O)C(C)(C)C)[C@@H](O[C@@H]2O[C@H](COC(=O)C(C)(C)C)[C@H](OC(=O)C(C)(C)C)[C@H](O[C@H]3O[C@H](C)[C@H](OC(C)=O)[C@H](OC(C)=O)[C@H]3OC(C)=O)[C@H]2OC(=O)C(C)(C)C)[C@H](OC(=O)C(C)(C)C)[C@H]1OC(=O)C(C)(C)C. The van der Waals surface area contributed by atoms with Gasteiger partial charge in [0, 0.05) is 27.7 Å². The fourth-order valence-electron chi connectivity index (χ4n) is 7.58. The van der Waals surface area contributed by atoms with E-state index < -0.39 is 198 Å². The minimum absolute atomic E-state index is 0.752. The Morgan fingerprint density at radius 3 is 0.951 bits per heavy atom. The third-order valence-corrected chi connectivity index (χ3v) is 12.1. The molecule has 0 aliphatic carbocycles. The van der Waals surface area contributed by atoms with Gasteiger partial charge in [-0.15, -0.1) is 0 Å². The van der Waals surface area contributed by atoms with Gasteiger partial charge >= 0.3 is 59.7 Å². The van der Waals surface area contributed by atoms with Gasteiger partial charge in [0.1, 0.15) is 37.6 Å². The van der Waals surface area contributed by atoms with Crippen LogP contribution in [0.25, 0.3) is 0 Å². The molecule has 3 aliphatic heterocycles. The minimum atomic E-state index is -2.12. The highest BCUT2D eigenvalue weighted by Gasteiger charge is 2.61. The largest absolute Gasteiger partial charge is 0.462 e. The fourth-order valence-corrected chi connectivity index (χ4v) is 7.58. The predicted octanol–water partition coefficient (Wildman–Crippen LogP) is 5.32. The number of esters is 10. The first kappa shape index (κ1) is 69.8. The molecule has 3 aliphatic rings. The lowest BCUT2D eigenvalue weighted by Gasteiger charge is -2.51. The first-order chi connectivity index (χ1) is 36.6. The number of carbonyl (C=O) groups is 10. The van der Waals surface area contributed by atoms with Crippen LogP contribution in [0.4, 0.5) is 0 Å². The van der Waals surface area contributed by atoms with Crippen molar-refractivity contribution in [1.82, 2.24) is 0 Å². The minimum Gasteiger partial charge on any atom is -0.462 e. The van der Waals surface area contributed by atoms with Crippen molar-refractivity contribution in [2.75, 3.05) is 13.2 Å². The van der Waals surface area contributed by atoms with Crippen LogP contribution < -0.4 is 0 Å². The summed E-state index contributed by atoms with van der Waals surface area (Å²) in [6, 6.07) is 0. The van der Waals surface area contributed by atoms with Crippen LogP contribution in [0.1, 0.15) is 159 Å². The van der Waals surface area contributed by atoms with E-state index in [4.69, 9.17) is 71.1 Å². The van der Waals surface area contributed by atoms with Crippen molar-refractivity contribution in [3.05, 3.63) is 0 Å². The zero-order chi connectivity index (χ0) is 62.5. The van der Waals surface area contributed by atoms with Gasteiger partial charge in [-0.05, 0) is 132 Å². The number of ether oxygens (including phenoxy) is 15. The molecule has 0 amide bonds. The van der Waals surface area contributed by atoms with Crippen molar-refractivity contribution < 1.29 is 119 Å². The summed E-state index contributed by atoms with van der Waals surface area (Å²) >= 11 is 0. The monoisotopic (exact) mass is 1160 g/mol. The van der Waals surface area contributed by atoms with Crippen LogP contribution in [0.15, 0.2) is 0 Å². The lowest BCUT2D eigenvalue weighted by molar-refractivity contribution is -0.380. The second kappa shape index (κ2) is 26.8. The normalized spacial score (nSPS) is 29.3. The van der Waals surface area contributed by atoms with E-state index >= 15 is 0 Å². The van der Waals surface area contributed by atoms with E-state index in [0.29, 0.717) is 0 Å². The summed E-state index contributed by atoms with van der Waals surface area (Å²) in [4.78, 5) is 135. The van der Waals surface area contributed by atoms with Crippen LogP contribution in [-0.2, 0) is 119 Å². The first-order valence-corrected chi connectivity index (χ1v) is 26.8. The average molecular weight is 1160 g/mol. The maximum absolute atomic E-state index is 14.5. The molecule has 25 heteroatoms. The molecule has 15 atom stereocenters. The topological polar surface area (TPSA) is 309 Å². The highest BCUT2D eigenvalue weighted by atomic mass is 16.8. The lowest BCUT2D eigenvalue weighted by atomic mass is 9.92. The Labute approximate surface area is 474 Å². The van der Waals surface area contributed by atoms with Crippen molar-refractivity contribution in [2.45, 2.75) is 251 Å². The predicted molar refractivity (Wildman–Crippen MR) is 278 cm³/mol. The van der Waals surface area contributed by atoms with Crippen molar-refractivity contribution >= 4 is 59.7 Å².